The van der Waals surface area contributed by atoms with Crippen LogP contribution in [0, 0.1) is 5.92 Å². The van der Waals surface area contributed by atoms with Gasteiger partial charge in [0, 0.05) is 6.42 Å². The van der Waals surface area contributed by atoms with Gasteiger partial charge in [-0.05, 0) is 18.9 Å². The number of ketones is 1. The normalized spacial score (nSPS) is 45.9. The predicted molar refractivity (Wildman–Crippen MR) is 60.3 cm³/mol. The average Bonchev–Trinajstić information content (AvgIpc) is 2.62. The first-order valence-electron chi connectivity index (χ1n) is 6.41. The van der Waals surface area contributed by atoms with Crippen LogP contribution in [0.4, 0.5) is 0 Å². The molecule has 0 aromatic heterocycles. The number of carbonyl (C=O) groups excluding carboxylic acids is 1. The lowest BCUT2D eigenvalue weighted by molar-refractivity contribution is -0.193. The van der Waals surface area contributed by atoms with Crippen LogP contribution in [-0.2, 0) is 14.3 Å². The highest BCUT2D eigenvalue weighted by molar-refractivity contribution is 5.83. The number of rotatable bonds is 1. The van der Waals surface area contributed by atoms with Gasteiger partial charge in [-0.15, -0.1) is 0 Å². The fourth-order valence-corrected chi connectivity index (χ4v) is 3.03. The monoisotopic (exact) mass is 238 g/mol. The van der Waals surface area contributed by atoms with Gasteiger partial charge in [0.25, 0.3) is 0 Å². The molecule has 1 saturated carbocycles. The van der Waals surface area contributed by atoms with Gasteiger partial charge in [-0.1, -0.05) is 18.9 Å². The van der Waals surface area contributed by atoms with Crippen molar-refractivity contribution in [1.29, 1.82) is 0 Å². The number of ether oxygens (including phenoxy) is 2. The highest BCUT2D eigenvalue weighted by Crippen LogP contribution is 2.39. The average molecular weight is 238 g/mol. The standard InChI is InChI=1S/C13H18O4/c14-11-5-3-1-2-4-10(11)13(15)7-6-9-8-16-12(13)17-9/h6-7,9-10,12,15H,1-5,8H2/t9-,10?,12+,13+/m0/s1. The molecule has 2 heterocycles. The molecule has 1 saturated heterocycles. The predicted octanol–water partition coefficient (Wildman–Crippen LogP) is 1.18. The first kappa shape index (κ1) is 11.4. The second-order valence-corrected chi connectivity index (χ2v) is 5.20. The van der Waals surface area contributed by atoms with E-state index in [1.165, 1.54) is 0 Å². The maximum Gasteiger partial charge on any atom is 0.191 e. The van der Waals surface area contributed by atoms with Crippen molar-refractivity contribution in [1.82, 2.24) is 0 Å². The summed E-state index contributed by atoms with van der Waals surface area (Å²) in [4.78, 5) is 12.1. The molecule has 1 N–H and O–H groups in total. The van der Waals surface area contributed by atoms with E-state index in [2.05, 4.69) is 0 Å². The van der Waals surface area contributed by atoms with Crippen LogP contribution in [0.2, 0.25) is 0 Å². The molecule has 17 heavy (non-hydrogen) atoms. The third kappa shape index (κ3) is 1.84. The second-order valence-electron chi connectivity index (χ2n) is 5.20. The summed E-state index contributed by atoms with van der Waals surface area (Å²) in [6, 6.07) is 0. The summed E-state index contributed by atoms with van der Waals surface area (Å²) < 4.78 is 11.0. The lowest BCUT2D eigenvalue weighted by Gasteiger charge is -2.37. The molecule has 3 aliphatic rings. The maximum atomic E-state index is 12.1. The zero-order valence-corrected chi connectivity index (χ0v) is 9.80. The van der Waals surface area contributed by atoms with Gasteiger partial charge in [-0.2, -0.15) is 0 Å². The highest BCUT2D eigenvalue weighted by atomic mass is 16.7. The van der Waals surface area contributed by atoms with E-state index < -0.39 is 11.9 Å². The quantitative estimate of drug-likeness (QED) is 0.550. The van der Waals surface area contributed by atoms with Crippen LogP contribution in [0.15, 0.2) is 12.2 Å². The molecule has 0 aromatic carbocycles. The zero-order chi connectivity index (χ0) is 11.9. The Labute approximate surface area is 101 Å². The van der Waals surface area contributed by atoms with E-state index in [4.69, 9.17) is 9.47 Å². The fourth-order valence-electron chi connectivity index (χ4n) is 3.03. The van der Waals surface area contributed by atoms with Crippen molar-refractivity contribution in [3.8, 4) is 0 Å². The summed E-state index contributed by atoms with van der Waals surface area (Å²) in [7, 11) is 0. The van der Waals surface area contributed by atoms with E-state index in [0.717, 1.165) is 25.7 Å². The van der Waals surface area contributed by atoms with Gasteiger partial charge in [0.1, 0.15) is 17.5 Å². The minimum Gasteiger partial charge on any atom is -0.380 e. The van der Waals surface area contributed by atoms with Crippen LogP contribution in [0.25, 0.3) is 0 Å². The van der Waals surface area contributed by atoms with Gasteiger partial charge in [-0.25, -0.2) is 0 Å². The summed E-state index contributed by atoms with van der Waals surface area (Å²) in [6.07, 6.45) is 7.12. The largest absolute Gasteiger partial charge is 0.380 e. The molecule has 0 spiro atoms. The summed E-state index contributed by atoms with van der Waals surface area (Å²) in [6.45, 7) is 0.477. The van der Waals surface area contributed by atoms with Crippen molar-refractivity contribution in [3.63, 3.8) is 0 Å². The molecule has 0 aromatic rings. The molecule has 1 aliphatic carbocycles. The molecule has 0 radical (unpaired) electrons. The van der Waals surface area contributed by atoms with E-state index in [-0.39, 0.29) is 17.8 Å². The molecule has 0 amide bonds. The highest BCUT2D eigenvalue weighted by Gasteiger charge is 2.52. The lowest BCUT2D eigenvalue weighted by atomic mass is 9.79. The number of hydrogen-bond donors (Lipinski definition) is 1. The van der Waals surface area contributed by atoms with Crippen LogP contribution in [0.5, 0.6) is 0 Å². The Morgan fingerprint density at radius 3 is 3.12 bits per heavy atom. The van der Waals surface area contributed by atoms with Crippen molar-refractivity contribution in [3.05, 3.63) is 12.2 Å². The summed E-state index contributed by atoms with van der Waals surface area (Å²) in [5.74, 6) is -0.225. The van der Waals surface area contributed by atoms with E-state index in [1.54, 1.807) is 6.08 Å². The second kappa shape index (κ2) is 4.19. The van der Waals surface area contributed by atoms with Crippen LogP contribution in [0.3, 0.4) is 0 Å². The molecule has 2 aliphatic heterocycles. The van der Waals surface area contributed by atoms with Crippen LogP contribution >= 0.6 is 0 Å². The Hall–Kier alpha value is -0.710. The number of carbonyl (C=O) groups is 1. The summed E-state index contributed by atoms with van der Waals surface area (Å²) in [5.41, 5.74) is -1.26. The Balaban J connectivity index is 1.88. The maximum absolute atomic E-state index is 12.1. The van der Waals surface area contributed by atoms with Crippen molar-refractivity contribution in [2.45, 2.75) is 50.1 Å². The van der Waals surface area contributed by atoms with E-state index in [0.29, 0.717) is 13.0 Å². The smallest absolute Gasteiger partial charge is 0.191 e. The first-order valence-corrected chi connectivity index (χ1v) is 6.41. The van der Waals surface area contributed by atoms with Crippen LogP contribution in [-0.4, -0.2) is 35.5 Å². The molecule has 1 unspecified atom stereocenters. The minimum absolute atomic E-state index is 0.0545. The van der Waals surface area contributed by atoms with Crippen LogP contribution < -0.4 is 0 Å². The van der Waals surface area contributed by atoms with Gasteiger partial charge < -0.3 is 14.6 Å². The van der Waals surface area contributed by atoms with Crippen molar-refractivity contribution in [2.24, 2.45) is 5.92 Å². The molecule has 4 atom stereocenters. The van der Waals surface area contributed by atoms with Crippen molar-refractivity contribution in [2.75, 3.05) is 6.61 Å². The van der Waals surface area contributed by atoms with E-state index >= 15 is 0 Å². The number of aliphatic hydroxyl groups is 1. The topological polar surface area (TPSA) is 55.8 Å². The molecular formula is C13H18O4. The molecule has 94 valence electrons. The molecule has 2 fully saturated rings. The Bertz CT molecular complexity index is 351. The fraction of sp³-hybridized carbons (Fsp3) is 0.769. The third-order valence-electron chi connectivity index (χ3n) is 4.03. The third-order valence-corrected chi connectivity index (χ3v) is 4.03. The van der Waals surface area contributed by atoms with Gasteiger partial charge in [-0.3, -0.25) is 4.79 Å². The Kier molecular flexibility index (Phi) is 2.81. The Morgan fingerprint density at radius 2 is 2.24 bits per heavy atom. The summed E-state index contributed by atoms with van der Waals surface area (Å²) >= 11 is 0. The zero-order valence-electron chi connectivity index (χ0n) is 9.80. The molecule has 4 nitrogen and oxygen atoms in total. The van der Waals surface area contributed by atoms with Gasteiger partial charge in [0.05, 0.1) is 12.5 Å². The number of fused-ring (bicyclic) bond motifs is 2. The van der Waals surface area contributed by atoms with Crippen molar-refractivity contribution < 1.29 is 19.4 Å². The van der Waals surface area contributed by atoms with Gasteiger partial charge in [0.2, 0.25) is 0 Å². The molecule has 3 rings (SSSR count). The Morgan fingerprint density at radius 1 is 1.35 bits per heavy atom. The van der Waals surface area contributed by atoms with Gasteiger partial charge in [0.15, 0.2) is 6.29 Å². The van der Waals surface area contributed by atoms with Gasteiger partial charge >= 0.3 is 0 Å². The van der Waals surface area contributed by atoms with E-state index in [9.17, 15) is 9.90 Å². The van der Waals surface area contributed by atoms with E-state index in [1.807, 2.05) is 6.08 Å². The first-order chi connectivity index (χ1) is 8.20. The number of hydrogen-bond acceptors (Lipinski definition) is 4. The van der Waals surface area contributed by atoms with Crippen LogP contribution in [0.1, 0.15) is 32.1 Å². The molecule has 2 bridgehead atoms. The van der Waals surface area contributed by atoms with Crippen molar-refractivity contribution >= 4 is 5.78 Å². The SMILES string of the molecule is O=C1CCCCCC1[C@]1(O)C=C[C@H]2CO[C@@H]1O2. The molecule has 4 heteroatoms. The summed E-state index contributed by atoms with van der Waals surface area (Å²) in [5, 5.41) is 10.7. The lowest BCUT2D eigenvalue weighted by Crippen LogP contribution is -2.52. The minimum atomic E-state index is -1.26. The number of Topliss-reactive ketones (excluding diaryl/α,β-unsaturated/α-hetero) is 1. The molecular weight excluding hydrogens is 220 g/mol.